The Morgan fingerprint density at radius 3 is 2.18 bits per heavy atom. The van der Waals surface area contributed by atoms with Crippen molar-refractivity contribution in [3.63, 3.8) is 0 Å². The van der Waals surface area contributed by atoms with Gasteiger partial charge in [-0.25, -0.2) is 0 Å². The number of allylic oxidation sites excluding steroid dienone is 1. The predicted molar refractivity (Wildman–Crippen MR) is 40.5 cm³/mol. The van der Waals surface area contributed by atoms with E-state index < -0.39 is 5.92 Å². The van der Waals surface area contributed by atoms with Crippen molar-refractivity contribution < 1.29 is 8.78 Å². The van der Waals surface area contributed by atoms with Crippen molar-refractivity contribution in [2.45, 2.75) is 5.92 Å². The van der Waals surface area contributed by atoms with Gasteiger partial charge in [0.1, 0.15) is 0 Å². The zero-order chi connectivity index (χ0) is 8.32. The maximum absolute atomic E-state index is 12.8. The van der Waals surface area contributed by atoms with Gasteiger partial charge in [-0.15, -0.1) is 0 Å². The summed E-state index contributed by atoms with van der Waals surface area (Å²) in [6.07, 6.45) is 0.641. The van der Waals surface area contributed by atoms with Gasteiger partial charge in [0.25, 0.3) is 5.92 Å². The quantitative estimate of drug-likeness (QED) is 0.574. The highest BCUT2D eigenvalue weighted by Gasteiger charge is 2.25. The van der Waals surface area contributed by atoms with E-state index in [0.717, 1.165) is 0 Å². The zero-order valence-electron chi connectivity index (χ0n) is 5.93. The largest absolute Gasteiger partial charge is 0.291 e. The van der Waals surface area contributed by atoms with Crippen LogP contribution in [0.2, 0.25) is 0 Å². The molecule has 0 radical (unpaired) electrons. The summed E-state index contributed by atoms with van der Waals surface area (Å²) in [5, 5.41) is 0. The summed E-state index contributed by atoms with van der Waals surface area (Å²) in [7, 11) is 0. The van der Waals surface area contributed by atoms with Gasteiger partial charge in [0, 0.05) is 5.56 Å². The molecule has 0 bridgehead atoms. The second-order valence-corrected chi connectivity index (χ2v) is 2.19. The summed E-state index contributed by atoms with van der Waals surface area (Å²) in [6, 6.07) is 7.60. The number of alkyl halides is 2. The van der Waals surface area contributed by atoms with Gasteiger partial charge in [-0.3, -0.25) is 0 Å². The first-order valence-electron chi connectivity index (χ1n) is 3.24. The average molecular weight is 154 g/mol. The van der Waals surface area contributed by atoms with Crippen molar-refractivity contribution in [1.29, 1.82) is 0 Å². The van der Waals surface area contributed by atoms with Crippen LogP contribution in [0.4, 0.5) is 8.78 Å². The molecule has 0 aliphatic rings. The molecule has 0 unspecified atom stereocenters. The Morgan fingerprint density at radius 1 is 1.18 bits per heavy atom. The third-order valence-electron chi connectivity index (χ3n) is 1.42. The SMILES string of the molecule is C=CC(F)(F)c1ccccc1. The normalized spacial score (nSPS) is 11.1. The number of benzene rings is 1. The molecule has 1 aromatic carbocycles. The van der Waals surface area contributed by atoms with E-state index in [1.165, 1.54) is 12.1 Å². The average Bonchev–Trinajstić information content (AvgIpc) is 2.06. The summed E-state index contributed by atoms with van der Waals surface area (Å²) in [6.45, 7) is 3.06. The van der Waals surface area contributed by atoms with Crippen LogP contribution < -0.4 is 0 Å². The van der Waals surface area contributed by atoms with Gasteiger partial charge in [-0.2, -0.15) is 8.78 Å². The lowest BCUT2D eigenvalue weighted by Gasteiger charge is -2.10. The Hall–Kier alpha value is -1.18. The van der Waals surface area contributed by atoms with Crippen LogP contribution in [0.5, 0.6) is 0 Å². The molecule has 0 spiro atoms. The van der Waals surface area contributed by atoms with Gasteiger partial charge < -0.3 is 0 Å². The molecular formula is C9H8F2. The van der Waals surface area contributed by atoms with Crippen molar-refractivity contribution in [2.24, 2.45) is 0 Å². The summed E-state index contributed by atoms with van der Waals surface area (Å²) in [4.78, 5) is 0. The Morgan fingerprint density at radius 2 is 1.73 bits per heavy atom. The fourth-order valence-electron chi connectivity index (χ4n) is 0.778. The molecular weight excluding hydrogens is 146 g/mol. The first-order valence-corrected chi connectivity index (χ1v) is 3.24. The standard InChI is InChI=1S/C9H8F2/c1-2-9(10,11)8-6-4-3-5-7-8/h2-7H,1H2. The van der Waals surface area contributed by atoms with Crippen LogP contribution in [0.25, 0.3) is 0 Å². The zero-order valence-corrected chi connectivity index (χ0v) is 5.93. The van der Waals surface area contributed by atoms with E-state index in [4.69, 9.17) is 0 Å². The van der Waals surface area contributed by atoms with Gasteiger partial charge in [-0.05, 0) is 6.08 Å². The first-order chi connectivity index (χ1) is 5.17. The number of hydrogen-bond donors (Lipinski definition) is 0. The Labute approximate surface area is 64.2 Å². The number of halogens is 2. The number of rotatable bonds is 2. The van der Waals surface area contributed by atoms with Gasteiger partial charge in [0.15, 0.2) is 0 Å². The highest BCUT2D eigenvalue weighted by molar-refractivity contribution is 5.23. The molecule has 0 amide bonds. The van der Waals surface area contributed by atoms with E-state index in [2.05, 4.69) is 6.58 Å². The fourth-order valence-corrected chi connectivity index (χ4v) is 0.778. The fraction of sp³-hybridized carbons (Fsp3) is 0.111. The molecule has 0 saturated carbocycles. The maximum atomic E-state index is 12.8. The number of hydrogen-bond acceptors (Lipinski definition) is 0. The molecule has 0 saturated heterocycles. The van der Waals surface area contributed by atoms with E-state index in [1.807, 2.05) is 0 Å². The van der Waals surface area contributed by atoms with E-state index in [-0.39, 0.29) is 5.56 Å². The van der Waals surface area contributed by atoms with Gasteiger partial charge in [0.2, 0.25) is 0 Å². The van der Waals surface area contributed by atoms with Crippen molar-refractivity contribution in [3.05, 3.63) is 48.6 Å². The van der Waals surface area contributed by atoms with Crippen LogP contribution in [-0.4, -0.2) is 0 Å². The summed E-state index contributed by atoms with van der Waals surface area (Å²) in [5.74, 6) is -2.90. The van der Waals surface area contributed by atoms with E-state index in [0.29, 0.717) is 6.08 Å². The predicted octanol–water partition coefficient (Wildman–Crippen LogP) is 2.96. The molecule has 0 heterocycles. The Bertz CT molecular complexity index is 239. The van der Waals surface area contributed by atoms with Crippen LogP contribution in [-0.2, 0) is 5.92 Å². The Kier molecular flexibility index (Phi) is 2.03. The minimum absolute atomic E-state index is 0.0185. The van der Waals surface area contributed by atoms with Crippen molar-refractivity contribution in [2.75, 3.05) is 0 Å². The van der Waals surface area contributed by atoms with Crippen molar-refractivity contribution >= 4 is 0 Å². The summed E-state index contributed by atoms with van der Waals surface area (Å²) in [5.41, 5.74) is -0.0185. The van der Waals surface area contributed by atoms with Gasteiger partial charge in [0.05, 0.1) is 0 Å². The molecule has 58 valence electrons. The Balaban J connectivity index is 3.02. The van der Waals surface area contributed by atoms with Crippen LogP contribution in [0, 0.1) is 0 Å². The molecule has 11 heavy (non-hydrogen) atoms. The van der Waals surface area contributed by atoms with Crippen LogP contribution >= 0.6 is 0 Å². The molecule has 0 atom stereocenters. The van der Waals surface area contributed by atoms with Gasteiger partial charge in [-0.1, -0.05) is 36.9 Å². The minimum atomic E-state index is -2.90. The second kappa shape index (κ2) is 2.82. The van der Waals surface area contributed by atoms with E-state index >= 15 is 0 Å². The first kappa shape index (κ1) is 7.92. The van der Waals surface area contributed by atoms with Crippen molar-refractivity contribution in [3.8, 4) is 0 Å². The molecule has 0 aromatic heterocycles. The molecule has 0 aliphatic heterocycles. The molecule has 0 nitrogen and oxygen atoms in total. The monoisotopic (exact) mass is 154 g/mol. The minimum Gasteiger partial charge on any atom is -0.197 e. The highest BCUT2D eigenvalue weighted by Crippen LogP contribution is 2.27. The van der Waals surface area contributed by atoms with Crippen LogP contribution in [0.15, 0.2) is 43.0 Å². The lowest BCUT2D eigenvalue weighted by molar-refractivity contribution is 0.0525. The summed E-state index contributed by atoms with van der Waals surface area (Å²) < 4.78 is 25.5. The third-order valence-corrected chi connectivity index (χ3v) is 1.42. The second-order valence-electron chi connectivity index (χ2n) is 2.19. The third kappa shape index (κ3) is 1.64. The van der Waals surface area contributed by atoms with Gasteiger partial charge >= 0.3 is 0 Å². The summed E-state index contributed by atoms with van der Waals surface area (Å²) >= 11 is 0. The molecule has 1 rings (SSSR count). The van der Waals surface area contributed by atoms with Crippen LogP contribution in [0.1, 0.15) is 5.56 Å². The maximum Gasteiger partial charge on any atom is 0.291 e. The van der Waals surface area contributed by atoms with Crippen molar-refractivity contribution in [1.82, 2.24) is 0 Å². The molecule has 0 N–H and O–H groups in total. The topological polar surface area (TPSA) is 0 Å². The molecule has 1 aromatic rings. The lowest BCUT2D eigenvalue weighted by Crippen LogP contribution is -2.07. The molecule has 0 fully saturated rings. The highest BCUT2D eigenvalue weighted by atomic mass is 19.3. The molecule has 2 heteroatoms. The lowest BCUT2D eigenvalue weighted by atomic mass is 10.1. The molecule has 0 aliphatic carbocycles. The van der Waals surface area contributed by atoms with E-state index in [1.54, 1.807) is 18.2 Å². The van der Waals surface area contributed by atoms with E-state index in [9.17, 15) is 8.78 Å². The van der Waals surface area contributed by atoms with Crippen LogP contribution in [0.3, 0.4) is 0 Å². The smallest absolute Gasteiger partial charge is 0.197 e.